The number of hydrogen-bond acceptors (Lipinski definition) is 4. The summed E-state index contributed by atoms with van der Waals surface area (Å²) in [6.45, 7) is 0. The van der Waals surface area contributed by atoms with Crippen molar-refractivity contribution in [3.63, 3.8) is 0 Å². The molecule has 0 atom stereocenters. The normalized spacial score (nSPS) is 10.2. The molecule has 0 aliphatic heterocycles. The number of halogens is 2. The second-order valence-corrected chi connectivity index (χ2v) is 4.20. The van der Waals surface area contributed by atoms with Crippen molar-refractivity contribution in [2.45, 2.75) is 0 Å². The minimum absolute atomic E-state index is 0.151. The zero-order valence-electron chi connectivity index (χ0n) is 9.22. The van der Waals surface area contributed by atoms with E-state index in [0.29, 0.717) is 0 Å². The average Bonchev–Trinajstić information content (AvgIpc) is 2.75. The molecule has 2 rings (SSSR count). The second-order valence-electron chi connectivity index (χ2n) is 3.48. The minimum Gasteiger partial charge on any atom is -0.457 e. The molecule has 8 heteroatoms. The zero-order valence-corrected chi connectivity index (χ0v) is 10.8. The Hall–Kier alpha value is -2.22. The molecule has 0 unspecified atom stereocenters. The van der Waals surface area contributed by atoms with Gasteiger partial charge in [0.2, 0.25) is 0 Å². The Kier molecular flexibility index (Phi) is 3.61. The van der Waals surface area contributed by atoms with Crippen molar-refractivity contribution >= 4 is 33.2 Å². The second kappa shape index (κ2) is 5.19. The summed E-state index contributed by atoms with van der Waals surface area (Å²) in [6, 6.07) is 4.19. The van der Waals surface area contributed by atoms with E-state index in [2.05, 4.69) is 21.2 Å². The molecule has 0 aliphatic carbocycles. The molecule has 1 heterocycles. The van der Waals surface area contributed by atoms with Crippen LogP contribution in [-0.2, 0) is 0 Å². The average molecular weight is 329 g/mol. The minimum atomic E-state index is -0.709. The van der Waals surface area contributed by atoms with Crippen molar-refractivity contribution in [3.05, 3.63) is 56.7 Å². The monoisotopic (exact) mass is 328 g/mol. The Balaban J connectivity index is 2.33. The van der Waals surface area contributed by atoms with Gasteiger partial charge in [0.05, 0.1) is 16.7 Å². The Morgan fingerprint density at radius 2 is 2.16 bits per heavy atom. The first kappa shape index (κ1) is 13.2. The van der Waals surface area contributed by atoms with E-state index in [1.54, 1.807) is 0 Å². The molecule has 0 aliphatic rings. The fourth-order valence-electron chi connectivity index (χ4n) is 1.41. The van der Waals surface area contributed by atoms with E-state index < -0.39 is 22.3 Å². The number of nitrogens with zero attached hydrogens (tertiary/aromatic N) is 1. The molecular weight excluding hydrogens is 323 g/mol. The Morgan fingerprint density at radius 3 is 2.74 bits per heavy atom. The molecule has 0 saturated carbocycles. The standard InChI is InChI=1S/C11H6BrFN2O4/c12-10-7(3-4-19-10)11(16)14-8-5-6(13)1-2-9(8)15(17)18/h1-5H,(H,14,16). The molecule has 1 aromatic heterocycles. The molecule has 98 valence electrons. The third-order valence-electron chi connectivity index (χ3n) is 2.27. The van der Waals surface area contributed by atoms with Crippen LogP contribution in [0.1, 0.15) is 10.4 Å². The maximum atomic E-state index is 13.1. The molecule has 2 aromatic rings. The predicted molar refractivity (Wildman–Crippen MR) is 67.4 cm³/mol. The van der Waals surface area contributed by atoms with Gasteiger partial charge in [-0.05, 0) is 28.1 Å². The van der Waals surface area contributed by atoms with E-state index in [4.69, 9.17) is 4.42 Å². The summed E-state index contributed by atoms with van der Waals surface area (Å²) in [5.74, 6) is -1.33. The summed E-state index contributed by atoms with van der Waals surface area (Å²) in [7, 11) is 0. The van der Waals surface area contributed by atoms with Crippen molar-refractivity contribution in [3.8, 4) is 0 Å². The lowest BCUT2D eigenvalue weighted by Gasteiger charge is -2.05. The highest BCUT2D eigenvalue weighted by molar-refractivity contribution is 9.10. The van der Waals surface area contributed by atoms with Crippen LogP contribution >= 0.6 is 15.9 Å². The number of amides is 1. The largest absolute Gasteiger partial charge is 0.457 e. The molecule has 1 N–H and O–H groups in total. The van der Waals surface area contributed by atoms with E-state index in [1.165, 1.54) is 12.3 Å². The van der Waals surface area contributed by atoms with Crippen molar-refractivity contribution in [1.82, 2.24) is 0 Å². The quantitative estimate of drug-likeness (QED) is 0.691. The fraction of sp³-hybridized carbons (Fsp3) is 0. The summed E-state index contributed by atoms with van der Waals surface area (Å²) < 4.78 is 18.1. The molecule has 0 spiro atoms. The molecule has 0 radical (unpaired) electrons. The number of anilines is 1. The Labute approximate surface area is 114 Å². The van der Waals surface area contributed by atoms with Crippen LogP contribution < -0.4 is 5.32 Å². The first-order valence-corrected chi connectivity index (χ1v) is 5.76. The van der Waals surface area contributed by atoms with E-state index in [1.807, 2.05) is 0 Å². The van der Waals surface area contributed by atoms with Crippen LogP contribution in [0.4, 0.5) is 15.8 Å². The van der Waals surface area contributed by atoms with Gasteiger partial charge in [-0.1, -0.05) is 0 Å². The van der Waals surface area contributed by atoms with Gasteiger partial charge in [0.15, 0.2) is 4.67 Å². The number of carbonyl (C=O) groups is 1. The van der Waals surface area contributed by atoms with Gasteiger partial charge >= 0.3 is 0 Å². The van der Waals surface area contributed by atoms with E-state index in [-0.39, 0.29) is 15.9 Å². The van der Waals surface area contributed by atoms with Gasteiger partial charge in [0, 0.05) is 12.1 Å². The van der Waals surface area contributed by atoms with Crippen LogP contribution in [0.2, 0.25) is 0 Å². The summed E-state index contributed by atoms with van der Waals surface area (Å²) >= 11 is 3.01. The number of hydrogen-bond donors (Lipinski definition) is 1. The highest BCUT2D eigenvalue weighted by Gasteiger charge is 2.19. The van der Waals surface area contributed by atoms with Crippen molar-refractivity contribution < 1.29 is 18.5 Å². The van der Waals surface area contributed by atoms with Crippen LogP contribution in [-0.4, -0.2) is 10.8 Å². The molecule has 6 nitrogen and oxygen atoms in total. The maximum absolute atomic E-state index is 13.1. The lowest BCUT2D eigenvalue weighted by atomic mass is 10.2. The zero-order chi connectivity index (χ0) is 14.0. The number of nitro benzene ring substituents is 1. The SMILES string of the molecule is O=C(Nc1cc(F)ccc1[N+](=O)[O-])c1ccoc1Br. The topological polar surface area (TPSA) is 85.4 Å². The number of carbonyl (C=O) groups excluding carboxylic acids is 1. The molecule has 0 bridgehead atoms. The maximum Gasteiger partial charge on any atom is 0.292 e. The highest BCUT2D eigenvalue weighted by Crippen LogP contribution is 2.26. The highest BCUT2D eigenvalue weighted by atomic mass is 79.9. The summed E-state index contributed by atoms with van der Waals surface area (Å²) in [4.78, 5) is 21.9. The number of nitrogens with one attached hydrogen (secondary N) is 1. The first-order valence-electron chi connectivity index (χ1n) is 4.97. The van der Waals surface area contributed by atoms with Gasteiger partial charge in [-0.25, -0.2) is 4.39 Å². The van der Waals surface area contributed by atoms with Crippen LogP contribution in [0.5, 0.6) is 0 Å². The Bertz CT molecular complexity index is 656. The van der Waals surface area contributed by atoms with Crippen LogP contribution in [0.3, 0.4) is 0 Å². The van der Waals surface area contributed by atoms with Crippen LogP contribution in [0, 0.1) is 15.9 Å². The van der Waals surface area contributed by atoms with Gasteiger partial charge in [-0.3, -0.25) is 14.9 Å². The molecule has 19 heavy (non-hydrogen) atoms. The molecule has 0 fully saturated rings. The third-order valence-corrected chi connectivity index (χ3v) is 2.88. The first-order chi connectivity index (χ1) is 8.99. The fourth-order valence-corrected chi connectivity index (χ4v) is 1.83. The molecule has 0 saturated heterocycles. The smallest absolute Gasteiger partial charge is 0.292 e. The summed E-state index contributed by atoms with van der Waals surface area (Å²) in [5, 5.41) is 13.0. The van der Waals surface area contributed by atoms with Crippen molar-refractivity contribution in [1.29, 1.82) is 0 Å². The number of rotatable bonds is 3. The van der Waals surface area contributed by atoms with Gasteiger partial charge < -0.3 is 9.73 Å². The van der Waals surface area contributed by atoms with Gasteiger partial charge in [-0.2, -0.15) is 0 Å². The number of benzene rings is 1. The molecule has 1 amide bonds. The number of furan rings is 1. The van der Waals surface area contributed by atoms with Crippen LogP contribution in [0.15, 0.2) is 39.6 Å². The van der Waals surface area contributed by atoms with Crippen LogP contribution in [0.25, 0.3) is 0 Å². The van der Waals surface area contributed by atoms with Crippen molar-refractivity contribution in [2.75, 3.05) is 5.32 Å². The summed E-state index contributed by atoms with van der Waals surface area (Å²) in [6.07, 6.45) is 1.28. The number of nitro groups is 1. The lowest BCUT2D eigenvalue weighted by molar-refractivity contribution is -0.384. The predicted octanol–water partition coefficient (Wildman–Crippen LogP) is 3.34. The molecule has 1 aromatic carbocycles. The van der Waals surface area contributed by atoms with Gasteiger partial charge in [0.25, 0.3) is 11.6 Å². The third kappa shape index (κ3) is 2.79. The lowest BCUT2D eigenvalue weighted by Crippen LogP contribution is -2.13. The van der Waals surface area contributed by atoms with E-state index >= 15 is 0 Å². The van der Waals surface area contributed by atoms with Gasteiger partial charge in [-0.15, -0.1) is 0 Å². The Morgan fingerprint density at radius 1 is 1.42 bits per heavy atom. The van der Waals surface area contributed by atoms with E-state index in [0.717, 1.165) is 18.2 Å². The molecular formula is C11H6BrFN2O4. The van der Waals surface area contributed by atoms with Gasteiger partial charge in [0.1, 0.15) is 11.5 Å². The summed E-state index contributed by atoms with van der Waals surface area (Å²) in [5.41, 5.74) is -0.462. The van der Waals surface area contributed by atoms with E-state index in [9.17, 15) is 19.3 Å². The van der Waals surface area contributed by atoms with Crippen molar-refractivity contribution in [2.24, 2.45) is 0 Å².